The van der Waals surface area contributed by atoms with Gasteiger partial charge in [-0.2, -0.15) is 0 Å². The highest BCUT2D eigenvalue weighted by Gasteiger charge is 2.11. The molecular weight excluding hydrogens is 256 g/mol. The van der Waals surface area contributed by atoms with E-state index in [0.717, 1.165) is 45.0 Å². The molecule has 1 fully saturated rings. The van der Waals surface area contributed by atoms with E-state index in [1.54, 1.807) is 6.26 Å². The molecule has 1 aromatic heterocycles. The Balaban J connectivity index is 1.58. The maximum atomic E-state index is 11.8. The minimum atomic E-state index is 0.0317. The van der Waals surface area contributed by atoms with Gasteiger partial charge in [-0.25, -0.2) is 0 Å². The van der Waals surface area contributed by atoms with Gasteiger partial charge < -0.3 is 15.1 Å². The van der Waals surface area contributed by atoms with E-state index in [1.165, 1.54) is 0 Å². The summed E-state index contributed by atoms with van der Waals surface area (Å²) >= 11 is 0. The topological polar surface area (TPSA) is 60.8 Å². The van der Waals surface area contributed by atoms with Gasteiger partial charge in [0.25, 0.3) is 0 Å². The van der Waals surface area contributed by atoms with Gasteiger partial charge in [0.1, 0.15) is 5.76 Å². The Kier molecular flexibility index (Phi) is 6.04. The molecule has 0 saturated carbocycles. The number of hydrogen-bond donors (Lipinski definition) is 2. The Morgan fingerprint density at radius 2 is 2.30 bits per heavy atom. The Bertz CT molecular complexity index is 388. The Hall–Kier alpha value is -1.37. The van der Waals surface area contributed by atoms with Crippen molar-refractivity contribution < 1.29 is 9.21 Å². The summed E-state index contributed by atoms with van der Waals surface area (Å²) in [6.07, 6.45) is 1.61. The van der Waals surface area contributed by atoms with E-state index in [2.05, 4.69) is 20.4 Å². The molecular formula is C14H24N4O2. The summed E-state index contributed by atoms with van der Waals surface area (Å²) in [5.74, 6) is 0.811. The molecule has 0 aromatic carbocycles. The number of rotatable bonds is 7. The average molecular weight is 280 g/mol. The second-order valence-corrected chi connectivity index (χ2v) is 5.19. The van der Waals surface area contributed by atoms with Gasteiger partial charge in [0.2, 0.25) is 5.91 Å². The van der Waals surface area contributed by atoms with Gasteiger partial charge in [-0.15, -0.1) is 0 Å². The van der Waals surface area contributed by atoms with Crippen LogP contribution >= 0.6 is 0 Å². The van der Waals surface area contributed by atoms with E-state index >= 15 is 0 Å². The fourth-order valence-corrected chi connectivity index (χ4v) is 2.23. The van der Waals surface area contributed by atoms with Crippen LogP contribution in [-0.2, 0) is 11.3 Å². The van der Waals surface area contributed by atoms with Crippen molar-refractivity contribution >= 4 is 5.91 Å². The fourth-order valence-electron chi connectivity index (χ4n) is 2.23. The van der Waals surface area contributed by atoms with Gasteiger partial charge in [0.15, 0.2) is 0 Å². The lowest BCUT2D eigenvalue weighted by Crippen LogP contribution is -2.46. The molecule has 0 bridgehead atoms. The summed E-state index contributed by atoms with van der Waals surface area (Å²) in [7, 11) is 1.98. The quantitative estimate of drug-likeness (QED) is 0.720. The number of likely N-dealkylation sites (N-methyl/N-ethyl adjacent to an activating group) is 1. The molecule has 1 aromatic rings. The first-order valence-electron chi connectivity index (χ1n) is 7.15. The van der Waals surface area contributed by atoms with E-state index in [1.807, 2.05) is 19.2 Å². The van der Waals surface area contributed by atoms with Crippen molar-refractivity contribution in [1.29, 1.82) is 0 Å². The van der Waals surface area contributed by atoms with Gasteiger partial charge >= 0.3 is 0 Å². The van der Waals surface area contributed by atoms with Crippen molar-refractivity contribution in [3.63, 3.8) is 0 Å². The monoisotopic (exact) mass is 280 g/mol. The van der Waals surface area contributed by atoms with Crippen LogP contribution in [0.2, 0.25) is 0 Å². The highest BCUT2D eigenvalue weighted by atomic mass is 16.3. The molecule has 20 heavy (non-hydrogen) atoms. The molecule has 0 radical (unpaired) electrons. The van der Waals surface area contributed by atoms with Crippen LogP contribution in [0.15, 0.2) is 22.8 Å². The van der Waals surface area contributed by atoms with Crippen molar-refractivity contribution in [2.45, 2.75) is 6.54 Å². The highest BCUT2D eigenvalue weighted by Crippen LogP contribution is 1.98. The average Bonchev–Trinajstić information content (AvgIpc) is 2.97. The molecule has 1 aliphatic heterocycles. The second kappa shape index (κ2) is 8.04. The molecule has 0 aliphatic carbocycles. The third-order valence-corrected chi connectivity index (χ3v) is 3.46. The van der Waals surface area contributed by atoms with Crippen LogP contribution in [-0.4, -0.2) is 68.6 Å². The minimum Gasteiger partial charge on any atom is -0.467 e. The number of furan rings is 1. The molecule has 112 valence electrons. The molecule has 0 atom stereocenters. The lowest BCUT2D eigenvalue weighted by molar-refractivity contribution is -0.122. The maximum absolute atomic E-state index is 11.8. The molecule has 1 aliphatic rings. The maximum Gasteiger partial charge on any atom is 0.234 e. The first-order valence-corrected chi connectivity index (χ1v) is 7.15. The minimum absolute atomic E-state index is 0.0317. The number of carbonyl (C=O) groups excluding carboxylic acids is 1. The first kappa shape index (κ1) is 15.0. The summed E-state index contributed by atoms with van der Waals surface area (Å²) < 4.78 is 5.17. The molecule has 2 rings (SSSR count). The normalized spacial score (nSPS) is 16.5. The van der Waals surface area contributed by atoms with E-state index < -0.39 is 0 Å². The van der Waals surface area contributed by atoms with Crippen LogP contribution in [0, 0.1) is 0 Å². The van der Waals surface area contributed by atoms with Gasteiger partial charge in [0.05, 0.1) is 19.4 Å². The number of nitrogens with one attached hydrogen (secondary N) is 2. The molecule has 0 unspecified atom stereocenters. The van der Waals surface area contributed by atoms with Gasteiger partial charge in [-0.05, 0) is 19.2 Å². The Labute approximate surface area is 120 Å². The van der Waals surface area contributed by atoms with Crippen molar-refractivity contribution in [2.24, 2.45) is 0 Å². The van der Waals surface area contributed by atoms with Crippen LogP contribution in [0.1, 0.15) is 5.76 Å². The highest BCUT2D eigenvalue weighted by molar-refractivity contribution is 5.77. The van der Waals surface area contributed by atoms with Crippen molar-refractivity contribution in [3.8, 4) is 0 Å². The van der Waals surface area contributed by atoms with Crippen LogP contribution in [0.3, 0.4) is 0 Å². The standard InChI is InChI=1S/C14H24N4O2/c1-17(8-9-18-6-4-15-5-7-18)12-14(19)16-11-13-3-2-10-20-13/h2-3,10,15H,4-9,11-12H2,1H3,(H,16,19). The number of carbonyl (C=O) groups is 1. The van der Waals surface area contributed by atoms with Crippen molar-refractivity contribution in [3.05, 3.63) is 24.2 Å². The van der Waals surface area contributed by atoms with Crippen LogP contribution in [0.5, 0.6) is 0 Å². The second-order valence-electron chi connectivity index (χ2n) is 5.19. The largest absolute Gasteiger partial charge is 0.467 e. The lowest BCUT2D eigenvalue weighted by Gasteiger charge is -2.28. The summed E-state index contributed by atoms with van der Waals surface area (Å²) in [6, 6.07) is 3.68. The first-order chi connectivity index (χ1) is 9.74. The zero-order valence-corrected chi connectivity index (χ0v) is 12.1. The van der Waals surface area contributed by atoms with Gasteiger partial charge in [-0.3, -0.25) is 14.6 Å². The smallest absolute Gasteiger partial charge is 0.234 e. The molecule has 6 nitrogen and oxygen atoms in total. The molecule has 1 amide bonds. The lowest BCUT2D eigenvalue weighted by atomic mass is 10.3. The summed E-state index contributed by atoms with van der Waals surface area (Å²) in [5, 5.41) is 6.19. The summed E-state index contributed by atoms with van der Waals surface area (Å²) in [4.78, 5) is 16.3. The van der Waals surface area contributed by atoms with E-state index in [0.29, 0.717) is 13.1 Å². The number of amides is 1. The molecule has 2 N–H and O–H groups in total. The number of nitrogens with zero attached hydrogens (tertiary/aromatic N) is 2. The summed E-state index contributed by atoms with van der Waals surface area (Å²) in [5.41, 5.74) is 0. The van der Waals surface area contributed by atoms with E-state index in [9.17, 15) is 4.79 Å². The van der Waals surface area contributed by atoms with Crippen LogP contribution in [0.25, 0.3) is 0 Å². The predicted octanol–water partition coefficient (Wildman–Crippen LogP) is -0.267. The third kappa shape index (κ3) is 5.32. The molecule has 0 spiro atoms. The molecule has 1 saturated heterocycles. The van der Waals surface area contributed by atoms with Crippen molar-refractivity contribution in [2.75, 3.05) is 52.9 Å². The molecule has 2 heterocycles. The SMILES string of the molecule is CN(CCN1CCNCC1)CC(=O)NCc1ccco1. The number of hydrogen-bond acceptors (Lipinski definition) is 5. The Morgan fingerprint density at radius 1 is 1.50 bits per heavy atom. The van der Waals surface area contributed by atoms with Gasteiger partial charge in [0, 0.05) is 39.3 Å². The van der Waals surface area contributed by atoms with E-state index in [-0.39, 0.29) is 5.91 Å². The van der Waals surface area contributed by atoms with Crippen LogP contribution < -0.4 is 10.6 Å². The molecule has 6 heteroatoms. The van der Waals surface area contributed by atoms with E-state index in [4.69, 9.17) is 4.42 Å². The predicted molar refractivity (Wildman–Crippen MR) is 77.4 cm³/mol. The zero-order valence-electron chi connectivity index (χ0n) is 12.1. The zero-order chi connectivity index (χ0) is 14.2. The van der Waals surface area contributed by atoms with Gasteiger partial charge in [-0.1, -0.05) is 0 Å². The number of piperazine rings is 1. The third-order valence-electron chi connectivity index (χ3n) is 3.46. The fraction of sp³-hybridized carbons (Fsp3) is 0.643. The Morgan fingerprint density at radius 3 is 3.00 bits per heavy atom. The summed E-state index contributed by atoms with van der Waals surface area (Å²) in [6.45, 7) is 7.12. The van der Waals surface area contributed by atoms with Crippen LogP contribution in [0.4, 0.5) is 0 Å². The van der Waals surface area contributed by atoms with Crippen molar-refractivity contribution in [1.82, 2.24) is 20.4 Å².